The van der Waals surface area contributed by atoms with Crippen molar-refractivity contribution in [1.29, 1.82) is 0 Å². The molecule has 0 bridgehead atoms. The van der Waals surface area contributed by atoms with Crippen LogP contribution in [0.3, 0.4) is 0 Å². The van der Waals surface area contributed by atoms with Gasteiger partial charge in [0.25, 0.3) is 0 Å². The number of carbonyl (C=O) groups excluding carboxylic acids is 1. The van der Waals surface area contributed by atoms with Crippen molar-refractivity contribution < 1.29 is 19.0 Å². The van der Waals surface area contributed by atoms with Gasteiger partial charge in [-0.2, -0.15) is 0 Å². The van der Waals surface area contributed by atoms with Crippen molar-refractivity contribution in [3.8, 4) is 0 Å². The van der Waals surface area contributed by atoms with E-state index in [2.05, 4.69) is 40.9 Å². The number of allylic oxidation sites excluding steroid dienone is 2. The van der Waals surface area contributed by atoms with Crippen LogP contribution >= 0.6 is 0 Å². The van der Waals surface area contributed by atoms with E-state index in [9.17, 15) is 4.79 Å². The van der Waals surface area contributed by atoms with E-state index in [-0.39, 0.29) is 11.9 Å². The number of unbranched alkanes of at least 4 members (excludes halogenated alkanes) is 10. The first-order chi connectivity index (χ1) is 16.9. The second kappa shape index (κ2) is 24.3. The minimum atomic E-state index is -0.139. The molecular weight excluding hydrogens is 436 g/mol. The van der Waals surface area contributed by atoms with E-state index in [1.54, 1.807) is 0 Å². The Balaban J connectivity index is 4.45. The Hall–Kier alpha value is -1.45. The Morgan fingerprint density at radius 1 is 0.629 bits per heavy atom. The van der Waals surface area contributed by atoms with Gasteiger partial charge in [0.2, 0.25) is 0 Å². The molecule has 0 aromatic carbocycles. The van der Waals surface area contributed by atoms with Crippen LogP contribution in [-0.2, 0) is 19.0 Å². The fourth-order valence-electron chi connectivity index (χ4n) is 4.05. The third-order valence-corrected chi connectivity index (χ3v) is 6.67. The van der Waals surface area contributed by atoms with Crippen LogP contribution in [-0.4, -0.2) is 25.8 Å². The van der Waals surface area contributed by atoms with Gasteiger partial charge in [-0.15, -0.1) is 0 Å². The van der Waals surface area contributed by atoms with Crippen LogP contribution in [0.5, 0.6) is 0 Å². The second-order valence-electron chi connectivity index (χ2n) is 10.3. The van der Waals surface area contributed by atoms with Gasteiger partial charge in [-0.3, -0.25) is 4.79 Å². The van der Waals surface area contributed by atoms with Crippen LogP contribution in [0.2, 0.25) is 0 Å². The number of rotatable bonds is 26. The molecule has 0 aliphatic carbocycles. The minimum Gasteiger partial charge on any atom is -0.499 e. The summed E-state index contributed by atoms with van der Waals surface area (Å²) in [4.78, 5) is 12.5. The molecule has 0 rings (SSSR count). The maximum atomic E-state index is 12.5. The average molecular weight is 495 g/mol. The largest absolute Gasteiger partial charge is 0.499 e. The third-order valence-electron chi connectivity index (χ3n) is 6.67. The molecule has 0 fully saturated rings. The molecule has 4 heteroatoms. The lowest BCUT2D eigenvalue weighted by atomic mass is 9.96. The van der Waals surface area contributed by atoms with Gasteiger partial charge in [-0.25, -0.2) is 0 Å². The summed E-state index contributed by atoms with van der Waals surface area (Å²) in [6.07, 6.45) is 18.3. The van der Waals surface area contributed by atoms with Gasteiger partial charge in [0, 0.05) is 19.3 Å². The first-order valence-electron chi connectivity index (χ1n) is 14.7. The van der Waals surface area contributed by atoms with Crippen LogP contribution < -0.4 is 0 Å². The summed E-state index contributed by atoms with van der Waals surface area (Å²) in [5, 5.41) is 0. The second-order valence-corrected chi connectivity index (χ2v) is 10.3. The zero-order valence-electron chi connectivity index (χ0n) is 23.8. The van der Waals surface area contributed by atoms with Crippen molar-refractivity contribution in [1.82, 2.24) is 0 Å². The van der Waals surface area contributed by atoms with Crippen molar-refractivity contribution in [2.75, 3.05) is 19.8 Å². The summed E-state index contributed by atoms with van der Waals surface area (Å²) in [6.45, 7) is 19.0. The number of hydrogen-bond acceptors (Lipinski definition) is 4. The first-order valence-corrected chi connectivity index (χ1v) is 14.7. The molecule has 0 aliphatic heterocycles. The summed E-state index contributed by atoms with van der Waals surface area (Å²) in [6, 6.07) is 0. The van der Waals surface area contributed by atoms with Crippen molar-refractivity contribution >= 4 is 5.97 Å². The smallest absolute Gasteiger partial charge is 0.306 e. The number of esters is 1. The number of ether oxygens (including phenoxy) is 3. The van der Waals surface area contributed by atoms with Gasteiger partial charge >= 0.3 is 5.97 Å². The van der Waals surface area contributed by atoms with Crippen LogP contribution in [0.15, 0.2) is 24.7 Å². The number of carbonyl (C=O) groups is 1. The highest BCUT2D eigenvalue weighted by Gasteiger charge is 2.19. The van der Waals surface area contributed by atoms with Gasteiger partial charge in [-0.05, 0) is 31.1 Å². The topological polar surface area (TPSA) is 44.8 Å². The van der Waals surface area contributed by atoms with E-state index in [0.29, 0.717) is 45.0 Å². The van der Waals surface area contributed by atoms with Crippen LogP contribution in [0.25, 0.3) is 0 Å². The molecular formula is C31H58O4. The van der Waals surface area contributed by atoms with Crippen molar-refractivity contribution in [2.45, 2.75) is 137 Å². The quantitative estimate of drug-likeness (QED) is 0.0682. The van der Waals surface area contributed by atoms with E-state index in [1.807, 2.05) is 0 Å². The Morgan fingerprint density at radius 3 is 1.60 bits per heavy atom. The van der Waals surface area contributed by atoms with Gasteiger partial charge < -0.3 is 14.2 Å². The standard InChI is InChI=1S/C31H58O4/c1-7-10-12-14-16-18-21-33-28(5)24-30(25-29(6)34-23-20-27(4)9-3)26-31(32)35-22-19-17-15-13-11-8-2/h27,30H,5-26H2,1-4H3. The first kappa shape index (κ1) is 33.5. The Labute approximate surface area is 218 Å². The monoisotopic (exact) mass is 494 g/mol. The Morgan fingerprint density at radius 2 is 1.09 bits per heavy atom. The number of hydrogen-bond donors (Lipinski definition) is 0. The summed E-state index contributed by atoms with van der Waals surface area (Å²) in [5.74, 6) is 2.04. The third kappa shape index (κ3) is 22.7. The minimum absolute atomic E-state index is 0.0419. The highest BCUT2D eigenvalue weighted by Crippen LogP contribution is 2.24. The maximum Gasteiger partial charge on any atom is 0.306 e. The van der Waals surface area contributed by atoms with Gasteiger partial charge in [-0.1, -0.05) is 111 Å². The summed E-state index contributed by atoms with van der Waals surface area (Å²) in [5.41, 5.74) is 0. The molecule has 0 spiro atoms. The van der Waals surface area contributed by atoms with Gasteiger partial charge in [0.1, 0.15) is 0 Å². The maximum absolute atomic E-state index is 12.5. The highest BCUT2D eigenvalue weighted by molar-refractivity contribution is 5.69. The molecule has 0 amide bonds. The summed E-state index contributed by atoms with van der Waals surface area (Å²) < 4.78 is 17.3. The SMILES string of the molecule is C=C(CC(CC(=C)OCCC(C)CC)CC(=O)OCCCCCCCC)OCCCCCCCC. The van der Waals surface area contributed by atoms with Gasteiger partial charge in [0.05, 0.1) is 31.3 Å². The molecule has 4 nitrogen and oxygen atoms in total. The lowest BCUT2D eigenvalue weighted by molar-refractivity contribution is -0.145. The molecule has 2 atom stereocenters. The fourth-order valence-corrected chi connectivity index (χ4v) is 4.05. The normalized spacial score (nSPS) is 12.7. The zero-order valence-corrected chi connectivity index (χ0v) is 23.8. The summed E-state index contributed by atoms with van der Waals surface area (Å²) in [7, 11) is 0. The molecule has 206 valence electrons. The van der Waals surface area contributed by atoms with E-state index in [4.69, 9.17) is 14.2 Å². The molecule has 0 heterocycles. The molecule has 0 aromatic heterocycles. The molecule has 0 aliphatic rings. The van der Waals surface area contributed by atoms with E-state index in [0.717, 1.165) is 43.6 Å². The lowest BCUT2D eigenvalue weighted by Gasteiger charge is -2.20. The molecule has 0 saturated carbocycles. The van der Waals surface area contributed by atoms with Crippen LogP contribution in [0, 0.1) is 11.8 Å². The lowest BCUT2D eigenvalue weighted by Crippen LogP contribution is -2.15. The summed E-state index contributed by atoms with van der Waals surface area (Å²) >= 11 is 0. The van der Waals surface area contributed by atoms with Crippen LogP contribution in [0.4, 0.5) is 0 Å². The Kier molecular flexibility index (Phi) is 23.2. The molecule has 2 unspecified atom stereocenters. The molecule has 0 aromatic rings. The predicted octanol–water partition coefficient (Wildman–Crippen LogP) is 9.53. The zero-order chi connectivity index (χ0) is 26.2. The molecule has 0 radical (unpaired) electrons. The Bertz CT molecular complexity index is 496. The van der Waals surface area contributed by atoms with Crippen molar-refractivity contribution in [3.63, 3.8) is 0 Å². The fraction of sp³-hybridized carbons (Fsp3) is 0.839. The van der Waals surface area contributed by atoms with Crippen LogP contribution in [0.1, 0.15) is 137 Å². The highest BCUT2D eigenvalue weighted by atomic mass is 16.5. The molecule has 35 heavy (non-hydrogen) atoms. The van der Waals surface area contributed by atoms with Crippen molar-refractivity contribution in [2.24, 2.45) is 11.8 Å². The van der Waals surface area contributed by atoms with E-state index >= 15 is 0 Å². The molecule has 0 N–H and O–H groups in total. The van der Waals surface area contributed by atoms with Crippen molar-refractivity contribution in [3.05, 3.63) is 24.7 Å². The van der Waals surface area contributed by atoms with E-state index in [1.165, 1.54) is 57.8 Å². The molecule has 0 saturated heterocycles. The van der Waals surface area contributed by atoms with E-state index < -0.39 is 0 Å². The predicted molar refractivity (Wildman–Crippen MR) is 149 cm³/mol. The average Bonchev–Trinajstić information content (AvgIpc) is 2.82. The van der Waals surface area contributed by atoms with Gasteiger partial charge in [0.15, 0.2) is 0 Å².